The van der Waals surface area contributed by atoms with E-state index < -0.39 is 40.9 Å². The van der Waals surface area contributed by atoms with E-state index in [9.17, 15) is 22.8 Å². The van der Waals surface area contributed by atoms with Gasteiger partial charge in [0.25, 0.3) is 5.91 Å². The molecule has 0 bridgehead atoms. The van der Waals surface area contributed by atoms with Crippen molar-refractivity contribution in [3.63, 3.8) is 0 Å². The molecule has 0 aliphatic carbocycles. The molecule has 0 radical (unpaired) electrons. The summed E-state index contributed by atoms with van der Waals surface area (Å²) in [5.74, 6) is -6.77. The van der Waals surface area contributed by atoms with Gasteiger partial charge in [-0.1, -0.05) is 17.7 Å². The van der Waals surface area contributed by atoms with Crippen LogP contribution < -0.4 is 5.32 Å². The first-order valence-electron chi connectivity index (χ1n) is 6.56. The van der Waals surface area contributed by atoms with Crippen molar-refractivity contribution in [1.29, 1.82) is 0 Å². The van der Waals surface area contributed by atoms with Crippen LogP contribution in [-0.2, 0) is 11.2 Å². The monoisotopic (exact) mass is 358 g/mol. The molecule has 0 fully saturated rings. The van der Waals surface area contributed by atoms with E-state index in [4.69, 9.17) is 16.7 Å². The summed E-state index contributed by atoms with van der Waals surface area (Å²) in [5.41, 5.74) is -0.621. The lowest BCUT2D eigenvalue weighted by molar-refractivity contribution is -0.139. The van der Waals surface area contributed by atoms with Crippen molar-refractivity contribution in [2.24, 2.45) is 0 Å². The molecule has 1 amide bonds. The number of aliphatic carboxylic acids is 1. The van der Waals surface area contributed by atoms with E-state index in [2.05, 4.69) is 4.98 Å². The van der Waals surface area contributed by atoms with Gasteiger partial charge in [0.05, 0.1) is 0 Å². The molecule has 24 heavy (non-hydrogen) atoms. The number of nitrogens with one attached hydrogen (secondary N) is 1. The standard InChI is InChI=1S/C15H10ClF3N2O3/c16-12-2-1-7(6-20-12)3-11(15(23)24)21-14(22)13-9(18)4-8(17)5-10(13)19/h1-2,4-6,11H,3H2,(H,21,22)(H,23,24)/t11-/m0/s1. The fraction of sp³-hybridized carbons (Fsp3) is 0.133. The third-order valence-corrected chi connectivity index (χ3v) is 3.29. The van der Waals surface area contributed by atoms with Crippen LogP contribution >= 0.6 is 11.6 Å². The predicted molar refractivity (Wildman–Crippen MR) is 78.2 cm³/mol. The number of hydrogen-bond donors (Lipinski definition) is 2. The van der Waals surface area contributed by atoms with Crippen molar-refractivity contribution in [2.45, 2.75) is 12.5 Å². The Morgan fingerprint density at radius 3 is 2.33 bits per heavy atom. The van der Waals surface area contributed by atoms with Gasteiger partial charge in [-0.15, -0.1) is 0 Å². The van der Waals surface area contributed by atoms with Crippen molar-refractivity contribution in [1.82, 2.24) is 10.3 Å². The van der Waals surface area contributed by atoms with E-state index in [1.807, 2.05) is 5.32 Å². The van der Waals surface area contributed by atoms with E-state index in [-0.39, 0.29) is 11.6 Å². The summed E-state index contributed by atoms with van der Waals surface area (Å²) < 4.78 is 40.0. The van der Waals surface area contributed by atoms with Crippen LogP contribution in [0.3, 0.4) is 0 Å². The lowest BCUT2D eigenvalue weighted by atomic mass is 10.1. The molecule has 0 spiro atoms. The zero-order valence-corrected chi connectivity index (χ0v) is 12.6. The van der Waals surface area contributed by atoms with Crippen molar-refractivity contribution in [3.05, 3.63) is 64.2 Å². The molecule has 1 aromatic carbocycles. The second-order valence-corrected chi connectivity index (χ2v) is 5.19. The summed E-state index contributed by atoms with van der Waals surface area (Å²) in [6.07, 6.45) is 1.12. The number of hydrogen-bond acceptors (Lipinski definition) is 3. The number of carboxylic acids is 1. The van der Waals surface area contributed by atoms with Crippen molar-refractivity contribution in [3.8, 4) is 0 Å². The Morgan fingerprint density at radius 2 is 1.83 bits per heavy atom. The lowest BCUT2D eigenvalue weighted by Gasteiger charge is -2.15. The van der Waals surface area contributed by atoms with Crippen LogP contribution in [0.25, 0.3) is 0 Å². The van der Waals surface area contributed by atoms with Gasteiger partial charge in [-0.2, -0.15) is 0 Å². The smallest absolute Gasteiger partial charge is 0.326 e. The van der Waals surface area contributed by atoms with Gasteiger partial charge < -0.3 is 10.4 Å². The summed E-state index contributed by atoms with van der Waals surface area (Å²) in [4.78, 5) is 27.0. The number of carboxylic acid groups (broad SMARTS) is 1. The van der Waals surface area contributed by atoms with E-state index in [0.29, 0.717) is 17.7 Å². The molecule has 0 unspecified atom stereocenters. The van der Waals surface area contributed by atoms with Crippen LogP contribution in [0.5, 0.6) is 0 Å². The molecule has 2 N–H and O–H groups in total. The molecular weight excluding hydrogens is 349 g/mol. The number of benzene rings is 1. The molecular formula is C15H10ClF3N2O3. The van der Waals surface area contributed by atoms with Gasteiger partial charge in [-0.05, 0) is 11.6 Å². The SMILES string of the molecule is O=C(N[C@@H](Cc1ccc(Cl)nc1)C(=O)O)c1c(F)cc(F)cc1F. The van der Waals surface area contributed by atoms with E-state index in [1.54, 1.807) is 0 Å². The second-order valence-electron chi connectivity index (χ2n) is 4.80. The number of aromatic nitrogens is 1. The zero-order valence-electron chi connectivity index (χ0n) is 11.9. The highest BCUT2D eigenvalue weighted by molar-refractivity contribution is 6.29. The van der Waals surface area contributed by atoms with Crippen LogP contribution in [-0.4, -0.2) is 28.0 Å². The molecule has 2 aromatic rings. The Morgan fingerprint density at radius 1 is 1.21 bits per heavy atom. The minimum Gasteiger partial charge on any atom is -0.480 e. The average molecular weight is 359 g/mol. The Balaban J connectivity index is 2.20. The van der Waals surface area contributed by atoms with Gasteiger partial charge in [0.15, 0.2) is 0 Å². The number of pyridine rings is 1. The minimum absolute atomic E-state index is 0.185. The van der Waals surface area contributed by atoms with Crippen LogP contribution in [0.1, 0.15) is 15.9 Å². The maximum absolute atomic E-state index is 13.6. The predicted octanol–water partition coefficient (Wildman–Crippen LogP) is 2.58. The third kappa shape index (κ3) is 4.23. The van der Waals surface area contributed by atoms with Gasteiger partial charge in [0, 0.05) is 24.8 Å². The van der Waals surface area contributed by atoms with Crippen LogP contribution in [0.4, 0.5) is 13.2 Å². The number of halogens is 4. The molecule has 2 rings (SSSR count). The van der Waals surface area contributed by atoms with E-state index >= 15 is 0 Å². The topological polar surface area (TPSA) is 79.3 Å². The Bertz CT molecular complexity index is 761. The van der Waals surface area contributed by atoms with Crippen molar-refractivity contribution in [2.75, 3.05) is 0 Å². The van der Waals surface area contributed by atoms with E-state index in [1.165, 1.54) is 18.3 Å². The summed E-state index contributed by atoms with van der Waals surface area (Å²) in [6, 6.07) is 2.12. The summed E-state index contributed by atoms with van der Waals surface area (Å²) >= 11 is 5.61. The Hall–Kier alpha value is -2.61. The van der Waals surface area contributed by atoms with Gasteiger partial charge >= 0.3 is 5.97 Å². The molecule has 0 saturated carbocycles. The van der Waals surface area contributed by atoms with Gasteiger partial charge in [-0.3, -0.25) is 4.79 Å². The summed E-state index contributed by atoms with van der Waals surface area (Å²) in [7, 11) is 0. The van der Waals surface area contributed by atoms with Crippen LogP contribution in [0, 0.1) is 17.5 Å². The minimum atomic E-state index is -1.47. The first kappa shape index (κ1) is 17.7. The maximum atomic E-state index is 13.6. The van der Waals surface area contributed by atoms with Crippen LogP contribution in [0.2, 0.25) is 5.15 Å². The molecule has 5 nitrogen and oxygen atoms in total. The number of carbonyl (C=O) groups excluding carboxylic acids is 1. The number of carbonyl (C=O) groups is 2. The second kappa shape index (κ2) is 7.31. The summed E-state index contributed by atoms with van der Waals surface area (Å²) in [5, 5.41) is 11.4. The van der Waals surface area contributed by atoms with Crippen molar-refractivity contribution >= 4 is 23.5 Å². The Labute approximate surface area is 139 Å². The molecule has 0 aliphatic heterocycles. The molecule has 0 saturated heterocycles. The highest BCUT2D eigenvalue weighted by Gasteiger charge is 2.25. The molecule has 1 heterocycles. The molecule has 9 heteroatoms. The third-order valence-electron chi connectivity index (χ3n) is 3.07. The van der Waals surface area contributed by atoms with Gasteiger partial charge in [0.2, 0.25) is 0 Å². The maximum Gasteiger partial charge on any atom is 0.326 e. The quantitative estimate of drug-likeness (QED) is 0.805. The molecule has 1 atom stereocenters. The van der Waals surface area contributed by atoms with Gasteiger partial charge in [0.1, 0.15) is 34.2 Å². The first-order chi connectivity index (χ1) is 11.3. The zero-order chi connectivity index (χ0) is 17.9. The molecule has 1 aromatic heterocycles. The fourth-order valence-electron chi connectivity index (χ4n) is 1.95. The molecule has 0 aliphatic rings. The fourth-order valence-corrected chi connectivity index (χ4v) is 2.06. The van der Waals surface area contributed by atoms with Crippen LogP contribution in [0.15, 0.2) is 30.5 Å². The highest BCUT2D eigenvalue weighted by Crippen LogP contribution is 2.15. The summed E-state index contributed by atoms with van der Waals surface area (Å²) in [6.45, 7) is 0. The highest BCUT2D eigenvalue weighted by atomic mass is 35.5. The first-order valence-corrected chi connectivity index (χ1v) is 6.94. The Kier molecular flexibility index (Phi) is 5.40. The average Bonchev–Trinajstić information content (AvgIpc) is 2.47. The number of nitrogens with zero attached hydrogens (tertiary/aromatic N) is 1. The molecule has 126 valence electrons. The lowest BCUT2D eigenvalue weighted by Crippen LogP contribution is -2.43. The van der Waals surface area contributed by atoms with E-state index in [0.717, 1.165) is 0 Å². The number of rotatable bonds is 5. The number of amides is 1. The normalized spacial score (nSPS) is 11.8. The largest absolute Gasteiger partial charge is 0.480 e. The van der Waals surface area contributed by atoms with Gasteiger partial charge in [-0.25, -0.2) is 22.9 Å². The van der Waals surface area contributed by atoms with Crippen molar-refractivity contribution < 1.29 is 27.9 Å².